The van der Waals surface area contributed by atoms with E-state index in [9.17, 15) is 5.11 Å². The summed E-state index contributed by atoms with van der Waals surface area (Å²) in [4.78, 5) is 1.14. The van der Waals surface area contributed by atoms with Gasteiger partial charge in [0.2, 0.25) is 0 Å². The van der Waals surface area contributed by atoms with Crippen molar-refractivity contribution in [3.63, 3.8) is 0 Å². The molecule has 0 spiro atoms. The maximum atomic E-state index is 10.2. The third-order valence-corrected chi connectivity index (χ3v) is 5.61. The molecule has 2 aromatic carbocycles. The smallest absolute Gasteiger partial charge is 0.119 e. The third-order valence-electron chi connectivity index (χ3n) is 4.61. The molecular formula is C23H28N2O2S. The van der Waals surface area contributed by atoms with E-state index >= 15 is 0 Å². The Labute approximate surface area is 171 Å². The Balaban J connectivity index is 1.36. The minimum atomic E-state index is -0.545. The fourth-order valence-corrected chi connectivity index (χ4v) is 3.74. The molecule has 0 saturated heterocycles. The maximum Gasteiger partial charge on any atom is 0.119 e. The van der Waals surface area contributed by atoms with Crippen molar-refractivity contribution in [3.8, 4) is 16.2 Å². The van der Waals surface area contributed by atoms with Crippen LogP contribution in [0.1, 0.15) is 18.9 Å². The summed E-state index contributed by atoms with van der Waals surface area (Å²) in [6, 6.07) is 20.6. The van der Waals surface area contributed by atoms with E-state index in [4.69, 9.17) is 10.5 Å². The minimum Gasteiger partial charge on any atom is -0.491 e. The molecule has 0 fully saturated rings. The van der Waals surface area contributed by atoms with E-state index in [0.717, 1.165) is 34.7 Å². The molecule has 0 bridgehead atoms. The molecule has 5 heteroatoms. The largest absolute Gasteiger partial charge is 0.491 e. The lowest BCUT2D eigenvalue weighted by atomic mass is 10.1. The molecule has 3 aromatic rings. The number of aliphatic hydroxyl groups excluding tert-OH is 1. The lowest BCUT2D eigenvalue weighted by molar-refractivity contribution is 0.104. The van der Waals surface area contributed by atoms with Crippen molar-refractivity contribution in [3.05, 3.63) is 71.6 Å². The number of thiophene rings is 1. The van der Waals surface area contributed by atoms with E-state index < -0.39 is 6.10 Å². The first-order valence-corrected chi connectivity index (χ1v) is 10.5. The number of hydrogen-bond acceptors (Lipinski definition) is 5. The van der Waals surface area contributed by atoms with Gasteiger partial charge in [0.15, 0.2) is 0 Å². The monoisotopic (exact) mass is 396 g/mol. The highest BCUT2D eigenvalue weighted by Crippen LogP contribution is 2.29. The van der Waals surface area contributed by atoms with E-state index in [-0.39, 0.29) is 6.61 Å². The summed E-state index contributed by atoms with van der Waals surface area (Å²) in [6.07, 6.45) is 1.52. The van der Waals surface area contributed by atoms with Crippen molar-refractivity contribution >= 4 is 17.0 Å². The Morgan fingerprint density at radius 1 is 1.11 bits per heavy atom. The SMILES string of the molecule is CC(CCc1ccccc1)NCC(O)COc1ccc(-c2cc(N)cs2)cc1. The summed E-state index contributed by atoms with van der Waals surface area (Å²) in [5.41, 5.74) is 9.02. The summed E-state index contributed by atoms with van der Waals surface area (Å²) in [5.74, 6) is 0.754. The summed E-state index contributed by atoms with van der Waals surface area (Å²) >= 11 is 1.62. The molecule has 0 aliphatic carbocycles. The Bertz CT molecular complexity index is 833. The second kappa shape index (κ2) is 10.3. The topological polar surface area (TPSA) is 67.5 Å². The zero-order valence-electron chi connectivity index (χ0n) is 16.2. The van der Waals surface area contributed by atoms with Gasteiger partial charge in [0.05, 0.1) is 0 Å². The second-order valence-electron chi connectivity index (χ2n) is 7.07. The van der Waals surface area contributed by atoms with E-state index in [1.165, 1.54) is 5.56 Å². The molecule has 2 atom stereocenters. The van der Waals surface area contributed by atoms with Crippen LogP contribution in [-0.4, -0.2) is 30.4 Å². The van der Waals surface area contributed by atoms with Gasteiger partial charge in [-0.05, 0) is 61.2 Å². The fraction of sp³-hybridized carbons (Fsp3) is 0.304. The molecule has 1 aromatic heterocycles. The molecule has 2 unspecified atom stereocenters. The van der Waals surface area contributed by atoms with Gasteiger partial charge in [0.1, 0.15) is 18.5 Å². The van der Waals surface area contributed by atoms with Crippen LogP contribution < -0.4 is 15.8 Å². The number of rotatable bonds is 10. The van der Waals surface area contributed by atoms with Crippen molar-refractivity contribution < 1.29 is 9.84 Å². The lowest BCUT2D eigenvalue weighted by Crippen LogP contribution is -2.36. The molecule has 0 radical (unpaired) electrons. The van der Waals surface area contributed by atoms with Crippen molar-refractivity contribution in [2.24, 2.45) is 0 Å². The van der Waals surface area contributed by atoms with Gasteiger partial charge in [0.25, 0.3) is 0 Å². The van der Waals surface area contributed by atoms with Gasteiger partial charge in [-0.1, -0.05) is 30.3 Å². The Morgan fingerprint density at radius 3 is 2.54 bits per heavy atom. The fourth-order valence-electron chi connectivity index (χ4n) is 2.94. The van der Waals surface area contributed by atoms with E-state index in [0.29, 0.717) is 12.6 Å². The van der Waals surface area contributed by atoms with Gasteiger partial charge in [-0.3, -0.25) is 0 Å². The van der Waals surface area contributed by atoms with Crippen molar-refractivity contribution in [1.82, 2.24) is 5.32 Å². The van der Waals surface area contributed by atoms with Gasteiger partial charge in [-0.25, -0.2) is 0 Å². The Morgan fingerprint density at radius 2 is 1.86 bits per heavy atom. The molecule has 0 amide bonds. The first-order valence-electron chi connectivity index (χ1n) is 9.63. The third kappa shape index (κ3) is 6.37. The number of nitrogens with one attached hydrogen (secondary N) is 1. The number of ether oxygens (including phenoxy) is 1. The average Bonchev–Trinajstić information content (AvgIpc) is 3.16. The standard InChI is InChI=1S/C23H28N2O2S/c1-17(7-8-18-5-3-2-4-6-18)25-14-21(26)15-27-22-11-9-19(10-12-22)23-13-20(24)16-28-23/h2-6,9-13,16-17,21,25-26H,7-8,14-15,24H2,1H3. The number of nitrogen functional groups attached to an aromatic ring is 1. The van der Waals surface area contributed by atoms with E-state index in [2.05, 4.69) is 36.5 Å². The normalized spacial score (nSPS) is 13.2. The van der Waals surface area contributed by atoms with Gasteiger partial charge < -0.3 is 20.9 Å². The van der Waals surface area contributed by atoms with Gasteiger partial charge in [0, 0.05) is 28.5 Å². The zero-order valence-corrected chi connectivity index (χ0v) is 17.0. The lowest BCUT2D eigenvalue weighted by Gasteiger charge is -2.18. The van der Waals surface area contributed by atoms with Crippen LogP contribution >= 0.6 is 11.3 Å². The quantitative estimate of drug-likeness (QED) is 0.477. The van der Waals surface area contributed by atoms with Crippen LogP contribution in [0, 0.1) is 0 Å². The molecule has 4 N–H and O–H groups in total. The maximum absolute atomic E-state index is 10.2. The molecule has 0 aliphatic rings. The average molecular weight is 397 g/mol. The first-order chi connectivity index (χ1) is 13.6. The summed E-state index contributed by atoms with van der Waals surface area (Å²) in [6.45, 7) is 2.93. The molecule has 0 saturated carbocycles. The number of benzene rings is 2. The van der Waals surface area contributed by atoms with Crippen molar-refractivity contribution in [2.45, 2.75) is 31.9 Å². The van der Waals surface area contributed by atoms with Crippen molar-refractivity contribution in [2.75, 3.05) is 18.9 Å². The summed E-state index contributed by atoms with van der Waals surface area (Å²) in [5, 5.41) is 15.5. The van der Waals surface area contributed by atoms with E-state index in [1.807, 2.05) is 41.8 Å². The van der Waals surface area contributed by atoms with Gasteiger partial charge in [-0.2, -0.15) is 0 Å². The number of anilines is 1. The first kappa shape index (κ1) is 20.4. The molecule has 28 heavy (non-hydrogen) atoms. The molecular weight excluding hydrogens is 368 g/mol. The molecule has 148 valence electrons. The van der Waals surface area contributed by atoms with Crippen LogP contribution in [0.3, 0.4) is 0 Å². The van der Waals surface area contributed by atoms with Crippen LogP contribution in [-0.2, 0) is 6.42 Å². The molecule has 0 aliphatic heterocycles. The summed E-state index contributed by atoms with van der Waals surface area (Å²) < 4.78 is 5.71. The minimum absolute atomic E-state index is 0.268. The predicted molar refractivity (Wildman–Crippen MR) is 118 cm³/mol. The van der Waals surface area contributed by atoms with Crippen LogP contribution in [0.15, 0.2) is 66.0 Å². The summed E-state index contributed by atoms with van der Waals surface area (Å²) in [7, 11) is 0. The Kier molecular flexibility index (Phi) is 7.48. The zero-order chi connectivity index (χ0) is 19.8. The van der Waals surface area contributed by atoms with Crippen LogP contribution in [0.4, 0.5) is 5.69 Å². The second-order valence-corrected chi connectivity index (χ2v) is 7.98. The number of aliphatic hydroxyl groups is 1. The molecule has 4 nitrogen and oxygen atoms in total. The highest BCUT2D eigenvalue weighted by atomic mass is 32.1. The number of nitrogens with two attached hydrogens (primary N) is 1. The number of aryl methyl sites for hydroxylation is 1. The van der Waals surface area contributed by atoms with E-state index in [1.54, 1.807) is 11.3 Å². The van der Waals surface area contributed by atoms with Crippen LogP contribution in [0.25, 0.3) is 10.4 Å². The van der Waals surface area contributed by atoms with Crippen molar-refractivity contribution in [1.29, 1.82) is 0 Å². The van der Waals surface area contributed by atoms with Crippen LogP contribution in [0.5, 0.6) is 5.75 Å². The Hall–Kier alpha value is -2.34. The molecule has 3 rings (SSSR count). The highest BCUT2D eigenvalue weighted by Gasteiger charge is 2.09. The predicted octanol–water partition coefficient (Wildman–Crippen LogP) is 4.35. The van der Waals surface area contributed by atoms with Gasteiger partial charge in [-0.15, -0.1) is 11.3 Å². The molecule has 1 heterocycles. The number of hydrogen-bond donors (Lipinski definition) is 3. The van der Waals surface area contributed by atoms with Gasteiger partial charge >= 0.3 is 0 Å². The highest BCUT2D eigenvalue weighted by molar-refractivity contribution is 7.14. The van der Waals surface area contributed by atoms with Crippen LogP contribution in [0.2, 0.25) is 0 Å².